The minimum atomic E-state index is -0.754. The summed E-state index contributed by atoms with van der Waals surface area (Å²) in [5, 5.41) is 0. The Morgan fingerprint density at radius 3 is 2.32 bits per heavy atom. The molecule has 1 saturated heterocycles. The van der Waals surface area contributed by atoms with E-state index < -0.39 is 5.41 Å². The predicted molar refractivity (Wildman–Crippen MR) is 96.2 cm³/mol. The van der Waals surface area contributed by atoms with Crippen LogP contribution < -0.4 is 0 Å². The van der Waals surface area contributed by atoms with Crippen LogP contribution in [0, 0.1) is 5.41 Å². The van der Waals surface area contributed by atoms with Crippen molar-refractivity contribution in [1.29, 1.82) is 0 Å². The topological polar surface area (TPSA) is 46.6 Å². The van der Waals surface area contributed by atoms with Crippen molar-refractivity contribution < 1.29 is 14.3 Å². The fraction of sp³-hybridized carbons (Fsp3) is 0.333. The summed E-state index contributed by atoms with van der Waals surface area (Å²) in [4.78, 5) is 27.4. The quantitative estimate of drug-likeness (QED) is 0.599. The number of carbonyl (C=O) groups is 2. The minimum absolute atomic E-state index is 0.00689. The maximum Gasteiger partial charge on any atom is 0.313 e. The molecule has 130 valence electrons. The van der Waals surface area contributed by atoms with Crippen LogP contribution in [0.25, 0.3) is 0 Å². The highest BCUT2D eigenvalue weighted by Crippen LogP contribution is 2.37. The van der Waals surface area contributed by atoms with Crippen LogP contribution in [0.5, 0.6) is 0 Å². The number of Topliss-reactive ketones (excluding diaryl/α,β-unsaturated/α-hetero) is 1. The highest BCUT2D eigenvalue weighted by molar-refractivity contribution is 5.99. The highest BCUT2D eigenvalue weighted by Gasteiger charge is 2.47. The largest absolute Gasteiger partial charge is 0.469 e. The Labute approximate surface area is 148 Å². The molecule has 0 N–H and O–H groups in total. The summed E-state index contributed by atoms with van der Waals surface area (Å²) in [5.74, 6) is -0.292. The van der Waals surface area contributed by atoms with E-state index in [0.717, 1.165) is 13.1 Å². The Hall–Kier alpha value is -2.46. The normalized spacial score (nSPS) is 20.4. The van der Waals surface area contributed by atoms with E-state index in [1.165, 1.54) is 12.7 Å². The molecule has 1 atom stereocenters. The molecular formula is C21H23NO3. The lowest BCUT2D eigenvalue weighted by molar-refractivity contribution is -0.152. The second-order valence-electron chi connectivity index (χ2n) is 6.68. The van der Waals surface area contributed by atoms with Gasteiger partial charge in [0.15, 0.2) is 5.78 Å². The molecule has 4 nitrogen and oxygen atoms in total. The van der Waals surface area contributed by atoms with E-state index in [1.54, 1.807) is 12.1 Å². The number of methoxy groups -OCH3 is 1. The molecule has 0 spiro atoms. The van der Waals surface area contributed by atoms with Crippen LogP contribution >= 0.6 is 0 Å². The summed E-state index contributed by atoms with van der Waals surface area (Å²) in [7, 11) is 1.40. The lowest BCUT2D eigenvalue weighted by Gasteiger charge is -2.26. The van der Waals surface area contributed by atoms with Gasteiger partial charge in [0, 0.05) is 25.1 Å². The number of ketones is 1. The number of esters is 1. The van der Waals surface area contributed by atoms with Crippen LogP contribution in [0.15, 0.2) is 60.7 Å². The molecule has 0 amide bonds. The Morgan fingerprint density at radius 2 is 1.68 bits per heavy atom. The smallest absolute Gasteiger partial charge is 0.313 e. The fourth-order valence-corrected chi connectivity index (χ4v) is 3.57. The first-order chi connectivity index (χ1) is 12.1. The average Bonchev–Trinajstić information content (AvgIpc) is 3.06. The molecule has 1 heterocycles. The van der Waals surface area contributed by atoms with Crippen LogP contribution in [-0.2, 0) is 16.1 Å². The van der Waals surface area contributed by atoms with Crippen molar-refractivity contribution in [2.75, 3.05) is 20.2 Å². The van der Waals surface area contributed by atoms with Gasteiger partial charge in [0.1, 0.15) is 0 Å². The lowest BCUT2D eigenvalue weighted by Crippen LogP contribution is -2.37. The summed E-state index contributed by atoms with van der Waals surface area (Å²) in [5.41, 5.74) is 1.10. The molecule has 4 heteroatoms. The summed E-state index contributed by atoms with van der Waals surface area (Å²) in [6.07, 6.45) is 0.833. The zero-order valence-electron chi connectivity index (χ0n) is 14.5. The Bertz CT molecular complexity index is 729. The van der Waals surface area contributed by atoms with Gasteiger partial charge in [-0.05, 0) is 18.5 Å². The van der Waals surface area contributed by atoms with Gasteiger partial charge in [-0.2, -0.15) is 0 Å². The third-order valence-electron chi connectivity index (χ3n) is 4.89. The number of rotatable bonds is 6. The van der Waals surface area contributed by atoms with Gasteiger partial charge in [-0.25, -0.2) is 0 Å². The number of hydrogen-bond acceptors (Lipinski definition) is 4. The number of ether oxygens (including phenoxy) is 1. The molecule has 1 unspecified atom stereocenters. The van der Waals surface area contributed by atoms with E-state index in [2.05, 4.69) is 17.0 Å². The summed E-state index contributed by atoms with van der Waals surface area (Å²) in [6.45, 7) is 2.11. The van der Waals surface area contributed by atoms with Gasteiger partial charge in [-0.3, -0.25) is 14.5 Å². The van der Waals surface area contributed by atoms with Crippen LogP contribution in [0.3, 0.4) is 0 Å². The number of carbonyl (C=O) groups excluding carboxylic acids is 2. The Balaban J connectivity index is 1.74. The van der Waals surface area contributed by atoms with Crippen molar-refractivity contribution >= 4 is 11.8 Å². The van der Waals surface area contributed by atoms with E-state index in [1.807, 2.05) is 36.4 Å². The molecule has 0 bridgehead atoms. The maximum atomic E-state index is 12.7. The van der Waals surface area contributed by atoms with Gasteiger partial charge in [0.2, 0.25) is 0 Å². The molecule has 1 aliphatic rings. The van der Waals surface area contributed by atoms with Crippen molar-refractivity contribution in [2.24, 2.45) is 5.41 Å². The van der Waals surface area contributed by atoms with Gasteiger partial charge in [-0.15, -0.1) is 0 Å². The summed E-state index contributed by atoms with van der Waals surface area (Å²) >= 11 is 0. The molecule has 0 aromatic heterocycles. The van der Waals surface area contributed by atoms with Gasteiger partial charge in [0.05, 0.1) is 12.5 Å². The monoisotopic (exact) mass is 337 g/mol. The van der Waals surface area contributed by atoms with Crippen LogP contribution in [-0.4, -0.2) is 36.9 Å². The molecule has 0 aliphatic carbocycles. The predicted octanol–water partition coefficient (Wildman–Crippen LogP) is 3.32. The zero-order chi connectivity index (χ0) is 17.7. The minimum Gasteiger partial charge on any atom is -0.469 e. The van der Waals surface area contributed by atoms with E-state index >= 15 is 0 Å². The third-order valence-corrected chi connectivity index (χ3v) is 4.89. The molecule has 25 heavy (non-hydrogen) atoms. The van der Waals surface area contributed by atoms with Gasteiger partial charge in [0.25, 0.3) is 0 Å². The number of benzene rings is 2. The third kappa shape index (κ3) is 3.97. The second-order valence-corrected chi connectivity index (χ2v) is 6.68. The van der Waals surface area contributed by atoms with Gasteiger partial charge < -0.3 is 4.74 Å². The first-order valence-corrected chi connectivity index (χ1v) is 8.56. The van der Waals surface area contributed by atoms with Crippen molar-refractivity contribution in [3.8, 4) is 0 Å². The van der Waals surface area contributed by atoms with Crippen molar-refractivity contribution in [3.63, 3.8) is 0 Å². The highest BCUT2D eigenvalue weighted by atomic mass is 16.5. The van der Waals surface area contributed by atoms with E-state index in [4.69, 9.17) is 4.74 Å². The maximum absolute atomic E-state index is 12.7. The first kappa shape index (κ1) is 17.4. The Morgan fingerprint density at radius 1 is 1.04 bits per heavy atom. The number of hydrogen-bond donors (Lipinski definition) is 0. The molecule has 0 saturated carbocycles. The SMILES string of the molecule is COC(=O)C1(CC(=O)c2ccccc2)CCN(Cc2ccccc2)C1. The molecule has 0 radical (unpaired) electrons. The number of nitrogens with zero attached hydrogens (tertiary/aromatic N) is 1. The van der Waals surface area contributed by atoms with Gasteiger partial charge in [-0.1, -0.05) is 60.7 Å². The van der Waals surface area contributed by atoms with Crippen LogP contribution in [0.2, 0.25) is 0 Å². The van der Waals surface area contributed by atoms with Gasteiger partial charge >= 0.3 is 5.97 Å². The summed E-state index contributed by atoms with van der Waals surface area (Å²) < 4.78 is 5.05. The molecular weight excluding hydrogens is 314 g/mol. The molecule has 3 rings (SSSR count). The molecule has 2 aromatic rings. The Kier molecular flexibility index (Phi) is 5.29. The van der Waals surface area contributed by atoms with Crippen molar-refractivity contribution in [1.82, 2.24) is 4.90 Å². The summed E-state index contributed by atoms with van der Waals surface area (Å²) in [6, 6.07) is 19.3. The van der Waals surface area contributed by atoms with Crippen molar-refractivity contribution in [2.45, 2.75) is 19.4 Å². The zero-order valence-corrected chi connectivity index (χ0v) is 14.5. The molecule has 2 aromatic carbocycles. The molecule has 1 aliphatic heterocycles. The lowest BCUT2D eigenvalue weighted by atomic mass is 9.80. The van der Waals surface area contributed by atoms with E-state index in [-0.39, 0.29) is 18.2 Å². The molecule has 1 fully saturated rings. The second kappa shape index (κ2) is 7.62. The first-order valence-electron chi connectivity index (χ1n) is 8.56. The van der Waals surface area contributed by atoms with Crippen molar-refractivity contribution in [3.05, 3.63) is 71.8 Å². The van der Waals surface area contributed by atoms with E-state index in [0.29, 0.717) is 18.5 Å². The van der Waals surface area contributed by atoms with Crippen LogP contribution in [0.4, 0.5) is 0 Å². The standard InChI is InChI=1S/C21H23NO3/c1-25-20(24)21(14-19(23)18-10-6-3-7-11-18)12-13-22(16-21)15-17-8-4-2-5-9-17/h2-11H,12-16H2,1H3. The average molecular weight is 337 g/mol. The fourth-order valence-electron chi connectivity index (χ4n) is 3.57. The number of likely N-dealkylation sites (tertiary alicyclic amines) is 1. The van der Waals surface area contributed by atoms with Crippen LogP contribution in [0.1, 0.15) is 28.8 Å². The van der Waals surface area contributed by atoms with E-state index in [9.17, 15) is 9.59 Å².